The topological polar surface area (TPSA) is 52.0 Å². The highest BCUT2D eigenvalue weighted by molar-refractivity contribution is 4.67. The minimum atomic E-state index is 0.404. The Balaban J connectivity index is 3.61. The van der Waals surface area contributed by atoms with Gasteiger partial charge in [-0.2, -0.15) is 0 Å². The number of hydrogen-bond acceptors (Lipinski definition) is 2. The molecular formula is C15H34N2. The van der Waals surface area contributed by atoms with Crippen LogP contribution in [0.5, 0.6) is 0 Å². The molecule has 0 aromatic heterocycles. The molecule has 0 saturated heterocycles. The summed E-state index contributed by atoms with van der Waals surface area (Å²) in [5.74, 6) is 1.61. The quantitative estimate of drug-likeness (QED) is 0.614. The van der Waals surface area contributed by atoms with Crippen molar-refractivity contribution >= 4 is 0 Å². The van der Waals surface area contributed by atoms with Crippen LogP contribution in [0, 0.1) is 11.8 Å². The summed E-state index contributed by atoms with van der Waals surface area (Å²) in [7, 11) is 0. The molecule has 0 spiro atoms. The van der Waals surface area contributed by atoms with E-state index in [0.29, 0.717) is 12.1 Å². The molecular weight excluding hydrogens is 208 g/mol. The first kappa shape index (κ1) is 16.9. The van der Waals surface area contributed by atoms with Crippen LogP contribution in [0.25, 0.3) is 0 Å². The van der Waals surface area contributed by atoms with E-state index in [4.69, 9.17) is 11.5 Å². The van der Waals surface area contributed by atoms with E-state index in [-0.39, 0.29) is 0 Å². The summed E-state index contributed by atoms with van der Waals surface area (Å²) < 4.78 is 0. The molecule has 0 aromatic rings. The van der Waals surface area contributed by atoms with Crippen molar-refractivity contribution in [3.63, 3.8) is 0 Å². The smallest absolute Gasteiger partial charge is 0.00363 e. The van der Waals surface area contributed by atoms with Crippen molar-refractivity contribution in [3.05, 3.63) is 0 Å². The van der Waals surface area contributed by atoms with Crippen molar-refractivity contribution in [3.8, 4) is 0 Å². The molecule has 0 aliphatic carbocycles. The lowest BCUT2D eigenvalue weighted by molar-refractivity contribution is 0.346. The van der Waals surface area contributed by atoms with Gasteiger partial charge >= 0.3 is 0 Å². The second kappa shape index (κ2) is 9.90. The van der Waals surface area contributed by atoms with Gasteiger partial charge in [0.2, 0.25) is 0 Å². The maximum absolute atomic E-state index is 5.95. The molecule has 0 bridgehead atoms. The zero-order chi connectivity index (χ0) is 13.3. The van der Waals surface area contributed by atoms with Crippen LogP contribution in [0.3, 0.4) is 0 Å². The molecule has 0 fully saturated rings. The standard InChI is InChI=1S/C15H34N2/c1-5-14(16)9-7-12(3)11-13(4)8-10-15(17)6-2/h12-15H,5-11,16-17H2,1-4H3. The Bertz CT molecular complexity index is 152. The first-order chi connectivity index (χ1) is 7.99. The van der Waals surface area contributed by atoms with Gasteiger partial charge in [0, 0.05) is 12.1 Å². The minimum Gasteiger partial charge on any atom is -0.328 e. The first-order valence-electron chi connectivity index (χ1n) is 7.50. The predicted molar refractivity (Wildman–Crippen MR) is 77.9 cm³/mol. The molecule has 2 nitrogen and oxygen atoms in total. The summed E-state index contributed by atoms with van der Waals surface area (Å²) >= 11 is 0. The summed E-state index contributed by atoms with van der Waals surface area (Å²) in [6.07, 6.45) is 8.45. The van der Waals surface area contributed by atoms with Crippen molar-refractivity contribution in [1.82, 2.24) is 0 Å². The molecule has 0 aliphatic rings. The molecule has 0 radical (unpaired) electrons. The van der Waals surface area contributed by atoms with Crippen LogP contribution in [0.4, 0.5) is 0 Å². The molecule has 0 rings (SSSR count). The largest absolute Gasteiger partial charge is 0.328 e. The van der Waals surface area contributed by atoms with Crippen molar-refractivity contribution in [1.29, 1.82) is 0 Å². The van der Waals surface area contributed by atoms with Crippen molar-refractivity contribution < 1.29 is 0 Å². The minimum absolute atomic E-state index is 0.404. The third-order valence-electron chi connectivity index (χ3n) is 3.91. The Morgan fingerprint density at radius 2 is 1.06 bits per heavy atom. The van der Waals surface area contributed by atoms with Crippen LogP contribution in [0.15, 0.2) is 0 Å². The van der Waals surface area contributed by atoms with Crippen LogP contribution in [-0.4, -0.2) is 12.1 Å². The van der Waals surface area contributed by atoms with Crippen molar-refractivity contribution in [2.45, 2.75) is 84.7 Å². The fraction of sp³-hybridized carbons (Fsp3) is 1.00. The molecule has 4 N–H and O–H groups in total. The van der Waals surface area contributed by atoms with E-state index in [1.807, 2.05) is 0 Å². The normalized spacial score (nSPS) is 18.7. The Labute approximate surface area is 109 Å². The molecule has 104 valence electrons. The van der Waals surface area contributed by atoms with E-state index in [9.17, 15) is 0 Å². The molecule has 0 amide bonds. The highest BCUT2D eigenvalue weighted by atomic mass is 14.6. The molecule has 4 unspecified atom stereocenters. The van der Waals surface area contributed by atoms with Crippen LogP contribution in [0.1, 0.15) is 72.6 Å². The van der Waals surface area contributed by atoms with Crippen LogP contribution < -0.4 is 11.5 Å². The van der Waals surface area contributed by atoms with Crippen LogP contribution >= 0.6 is 0 Å². The van der Waals surface area contributed by atoms with E-state index < -0.39 is 0 Å². The lowest BCUT2D eigenvalue weighted by atomic mass is 9.88. The fourth-order valence-electron chi connectivity index (χ4n) is 2.33. The van der Waals surface area contributed by atoms with Gasteiger partial charge in [-0.3, -0.25) is 0 Å². The molecule has 4 atom stereocenters. The summed E-state index contributed by atoms with van der Waals surface area (Å²) in [5.41, 5.74) is 11.9. The summed E-state index contributed by atoms with van der Waals surface area (Å²) in [5, 5.41) is 0. The second-order valence-electron chi connectivity index (χ2n) is 5.94. The molecule has 0 saturated carbocycles. The van der Waals surface area contributed by atoms with Gasteiger partial charge in [0.15, 0.2) is 0 Å². The van der Waals surface area contributed by atoms with E-state index >= 15 is 0 Å². The van der Waals surface area contributed by atoms with Crippen molar-refractivity contribution in [2.75, 3.05) is 0 Å². The Morgan fingerprint density at radius 1 is 0.706 bits per heavy atom. The van der Waals surface area contributed by atoms with E-state index in [1.165, 1.54) is 32.1 Å². The number of hydrogen-bond donors (Lipinski definition) is 2. The molecule has 0 aliphatic heterocycles. The zero-order valence-corrected chi connectivity index (χ0v) is 12.4. The average Bonchev–Trinajstić information content (AvgIpc) is 2.32. The maximum Gasteiger partial charge on any atom is 0.00363 e. The SMILES string of the molecule is CCC(N)CCC(C)CC(C)CCC(N)CC. The van der Waals surface area contributed by atoms with Gasteiger partial charge in [-0.25, -0.2) is 0 Å². The molecule has 2 heteroatoms. The van der Waals surface area contributed by atoms with E-state index in [0.717, 1.165) is 24.7 Å². The molecule has 0 heterocycles. The van der Waals surface area contributed by atoms with Crippen LogP contribution in [0.2, 0.25) is 0 Å². The monoisotopic (exact) mass is 242 g/mol. The van der Waals surface area contributed by atoms with Gasteiger partial charge in [0.1, 0.15) is 0 Å². The molecule has 0 aromatic carbocycles. The van der Waals surface area contributed by atoms with Gasteiger partial charge < -0.3 is 11.5 Å². The van der Waals surface area contributed by atoms with Gasteiger partial charge in [-0.1, -0.05) is 27.7 Å². The lowest BCUT2D eigenvalue weighted by Gasteiger charge is -2.19. The molecule has 17 heavy (non-hydrogen) atoms. The number of rotatable bonds is 10. The summed E-state index contributed by atoms with van der Waals surface area (Å²) in [6, 6.07) is 0.808. The average molecular weight is 242 g/mol. The number of nitrogens with two attached hydrogens (primary N) is 2. The summed E-state index contributed by atoms with van der Waals surface area (Å²) in [6.45, 7) is 9.06. The highest BCUT2D eigenvalue weighted by Gasteiger charge is 2.11. The third-order valence-corrected chi connectivity index (χ3v) is 3.91. The fourth-order valence-corrected chi connectivity index (χ4v) is 2.33. The lowest BCUT2D eigenvalue weighted by Crippen LogP contribution is -2.20. The van der Waals surface area contributed by atoms with E-state index in [2.05, 4.69) is 27.7 Å². The van der Waals surface area contributed by atoms with Gasteiger partial charge in [-0.05, 0) is 56.8 Å². The highest BCUT2D eigenvalue weighted by Crippen LogP contribution is 2.21. The third kappa shape index (κ3) is 9.61. The van der Waals surface area contributed by atoms with Crippen LogP contribution in [-0.2, 0) is 0 Å². The Morgan fingerprint density at radius 3 is 1.35 bits per heavy atom. The zero-order valence-electron chi connectivity index (χ0n) is 12.4. The Hall–Kier alpha value is -0.0800. The van der Waals surface area contributed by atoms with E-state index in [1.54, 1.807) is 0 Å². The van der Waals surface area contributed by atoms with Gasteiger partial charge in [0.05, 0.1) is 0 Å². The first-order valence-corrected chi connectivity index (χ1v) is 7.50. The second-order valence-corrected chi connectivity index (χ2v) is 5.94. The van der Waals surface area contributed by atoms with Gasteiger partial charge in [-0.15, -0.1) is 0 Å². The predicted octanol–water partition coefficient (Wildman–Crippen LogP) is 3.68. The maximum atomic E-state index is 5.95. The van der Waals surface area contributed by atoms with Crippen molar-refractivity contribution in [2.24, 2.45) is 23.3 Å². The summed E-state index contributed by atoms with van der Waals surface area (Å²) in [4.78, 5) is 0. The Kier molecular flexibility index (Phi) is 9.85. The van der Waals surface area contributed by atoms with Gasteiger partial charge in [0.25, 0.3) is 0 Å².